The molecule has 0 aliphatic carbocycles. The molecule has 0 spiro atoms. The van der Waals surface area contributed by atoms with Gasteiger partial charge in [0.25, 0.3) is 32.1 Å². The smallest absolute Gasteiger partial charge is 0.319 e. The van der Waals surface area contributed by atoms with E-state index in [2.05, 4.69) is 10.6 Å². The number of benzene rings is 4. The van der Waals surface area contributed by atoms with Crippen molar-refractivity contribution < 1.29 is 72.2 Å². The zero-order chi connectivity index (χ0) is 40.2. The Labute approximate surface area is 307 Å². The fourth-order valence-corrected chi connectivity index (χ4v) is 8.27. The van der Waals surface area contributed by atoms with Gasteiger partial charge in [0.2, 0.25) is 0 Å². The number of rotatable bonds is 14. The SMILES string of the molecule is O=C(O)CS(=O)(=O)c1cccc(C(=O)Nc2ccc(C=Cc3ccc(NC(=O)c4cccc(S(=O)(=O)CC(=O)O)c4)cc3S(=O)(=O)O)c(S(=O)(=O)O)c2)c1. The van der Waals surface area contributed by atoms with Crippen LogP contribution in [-0.2, 0) is 49.5 Å². The second kappa shape index (κ2) is 15.7. The minimum absolute atomic E-state index is 0.202. The molecule has 4 aromatic rings. The van der Waals surface area contributed by atoms with Crippen LogP contribution in [0.1, 0.15) is 31.8 Å². The molecular formula is C32H26N2O16S4. The van der Waals surface area contributed by atoms with Gasteiger partial charge in [0.15, 0.2) is 31.2 Å². The zero-order valence-electron chi connectivity index (χ0n) is 27.0. The van der Waals surface area contributed by atoms with Crippen molar-refractivity contribution in [2.75, 3.05) is 22.1 Å². The highest BCUT2D eigenvalue weighted by Gasteiger charge is 2.23. The summed E-state index contributed by atoms with van der Waals surface area (Å²) in [5.41, 5.74) is -1.37. The van der Waals surface area contributed by atoms with E-state index in [1.807, 2.05) is 0 Å². The maximum atomic E-state index is 12.9. The van der Waals surface area contributed by atoms with Crippen LogP contribution in [-0.4, -0.2) is 88.2 Å². The number of carboxylic acids is 2. The molecule has 0 saturated carbocycles. The molecule has 54 heavy (non-hydrogen) atoms. The van der Waals surface area contributed by atoms with Crippen LogP contribution in [0.5, 0.6) is 0 Å². The first-order chi connectivity index (χ1) is 25.0. The zero-order valence-corrected chi connectivity index (χ0v) is 30.2. The van der Waals surface area contributed by atoms with Crippen LogP contribution in [0.3, 0.4) is 0 Å². The Hall–Kier alpha value is -5.78. The second-order valence-electron chi connectivity index (χ2n) is 11.1. The number of hydrogen-bond donors (Lipinski definition) is 6. The van der Waals surface area contributed by atoms with Crippen molar-refractivity contribution in [2.24, 2.45) is 0 Å². The molecule has 0 heterocycles. The van der Waals surface area contributed by atoms with E-state index in [4.69, 9.17) is 10.2 Å². The average molecular weight is 823 g/mol. The fourth-order valence-electron chi connectivity index (χ4n) is 4.69. The van der Waals surface area contributed by atoms with Crippen molar-refractivity contribution >= 4 is 87.2 Å². The number of hydrogen-bond acceptors (Lipinski definition) is 12. The predicted molar refractivity (Wildman–Crippen MR) is 190 cm³/mol. The van der Waals surface area contributed by atoms with Crippen molar-refractivity contribution in [3.63, 3.8) is 0 Å². The van der Waals surface area contributed by atoms with Crippen LogP contribution >= 0.6 is 0 Å². The Balaban J connectivity index is 1.61. The largest absolute Gasteiger partial charge is 0.480 e. The third-order valence-corrected chi connectivity index (χ3v) is 12.1. The highest BCUT2D eigenvalue weighted by atomic mass is 32.2. The molecule has 0 saturated heterocycles. The highest BCUT2D eigenvalue weighted by Crippen LogP contribution is 2.27. The lowest BCUT2D eigenvalue weighted by Crippen LogP contribution is -2.17. The molecule has 0 aliphatic heterocycles. The molecule has 18 nitrogen and oxygen atoms in total. The van der Waals surface area contributed by atoms with Crippen LogP contribution in [0, 0.1) is 0 Å². The summed E-state index contributed by atoms with van der Waals surface area (Å²) >= 11 is 0. The van der Waals surface area contributed by atoms with E-state index in [-0.39, 0.29) is 33.6 Å². The molecule has 0 unspecified atom stereocenters. The summed E-state index contributed by atoms with van der Waals surface area (Å²) < 4.78 is 118. The first kappa shape index (κ1) is 41.0. The Kier molecular flexibility index (Phi) is 11.9. The molecule has 0 radical (unpaired) electrons. The lowest BCUT2D eigenvalue weighted by atomic mass is 10.1. The summed E-state index contributed by atoms with van der Waals surface area (Å²) in [6.45, 7) is 0. The van der Waals surface area contributed by atoms with E-state index in [9.17, 15) is 62.0 Å². The molecule has 0 aromatic heterocycles. The molecule has 0 bridgehead atoms. The summed E-state index contributed by atoms with van der Waals surface area (Å²) in [5.74, 6) is -7.59. The van der Waals surface area contributed by atoms with E-state index in [0.717, 1.165) is 60.7 Å². The third kappa shape index (κ3) is 10.4. The molecule has 22 heteroatoms. The first-order valence-electron chi connectivity index (χ1n) is 14.6. The quantitative estimate of drug-likeness (QED) is 0.0786. The number of carbonyl (C=O) groups excluding carboxylic acids is 2. The standard InChI is InChI=1S/C32H26N2O16S4/c35-29(36)17-51(41,42)25-5-1-3-21(13-25)31(39)33-23-11-9-19(27(15-23)53(45,46)47)7-8-20-10-12-24(16-28(20)54(48,49)50)34-32(40)22-4-2-6-26(14-22)52(43,44)18-30(37)38/h1-16H,17-18H2,(H,33,39)(H,34,40)(H,35,36)(H,37,38)(H,45,46,47)(H,48,49,50). The van der Waals surface area contributed by atoms with Gasteiger partial charge in [0.1, 0.15) is 9.79 Å². The number of sulfone groups is 2. The van der Waals surface area contributed by atoms with Gasteiger partial charge < -0.3 is 20.8 Å². The average Bonchev–Trinajstić information content (AvgIpc) is 3.06. The van der Waals surface area contributed by atoms with Crippen molar-refractivity contribution in [1.29, 1.82) is 0 Å². The lowest BCUT2D eigenvalue weighted by Gasteiger charge is -2.11. The molecule has 0 fully saturated rings. The van der Waals surface area contributed by atoms with Crippen LogP contribution in [0.25, 0.3) is 12.2 Å². The molecule has 0 aliphatic rings. The van der Waals surface area contributed by atoms with Gasteiger partial charge in [-0.2, -0.15) is 16.8 Å². The van der Waals surface area contributed by atoms with Crippen LogP contribution in [0.4, 0.5) is 11.4 Å². The molecule has 6 N–H and O–H groups in total. The van der Waals surface area contributed by atoms with Crippen molar-refractivity contribution in [2.45, 2.75) is 19.6 Å². The van der Waals surface area contributed by atoms with Gasteiger partial charge in [-0.05, 0) is 71.8 Å². The number of amides is 2. The molecule has 4 rings (SSSR count). The van der Waals surface area contributed by atoms with E-state index in [1.165, 1.54) is 36.4 Å². The van der Waals surface area contributed by atoms with Gasteiger partial charge in [0.05, 0.1) is 9.79 Å². The van der Waals surface area contributed by atoms with Gasteiger partial charge in [-0.25, -0.2) is 16.8 Å². The minimum atomic E-state index is -5.02. The Morgan fingerprint density at radius 2 is 0.870 bits per heavy atom. The van der Waals surface area contributed by atoms with Gasteiger partial charge in [-0.3, -0.25) is 28.3 Å². The molecule has 4 aromatic carbocycles. The minimum Gasteiger partial charge on any atom is -0.480 e. The third-order valence-electron chi connectivity index (χ3n) is 7.08. The van der Waals surface area contributed by atoms with Gasteiger partial charge in [-0.1, -0.05) is 36.4 Å². The molecule has 284 valence electrons. The maximum absolute atomic E-state index is 12.9. The van der Waals surface area contributed by atoms with Gasteiger partial charge >= 0.3 is 11.9 Å². The maximum Gasteiger partial charge on any atom is 0.319 e. The summed E-state index contributed by atoms with van der Waals surface area (Å²) in [6, 6.07) is 15.0. The highest BCUT2D eigenvalue weighted by molar-refractivity contribution is 7.92. The van der Waals surface area contributed by atoms with E-state index in [0.29, 0.717) is 0 Å². The summed E-state index contributed by atoms with van der Waals surface area (Å²) in [7, 11) is -18.6. The normalized spacial score (nSPS) is 12.3. The van der Waals surface area contributed by atoms with Gasteiger partial charge in [-0.15, -0.1) is 0 Å². The molecular weight excluding hydrogens is 797 g/mol. The summed E-state index contributed by atoms with van der Waals surface area (Å²) in [5, 5.41) is 22.4. The van der Waals surface area contributed by atoms with Crippen LogP contribution in [0.2, 0.25) is 0 Å². The van der Waals surface area contributed by atoms with Crippen molar-refractivity contribution in [3.05, 3.63) is 107 Å². The summed E-state index contributed by atoms with van der Waals surface area (Å²) in [6.07, 6.45) is 2.08. The number of nitrogens with one attached hydrogen (secondary N) is 2. The van der Waals surface area contributed by atoms with Gasteiger partial charge in [0, 0.05) is 22.5 Å². The number of anilines is 2. The van der Waals surface area contributed by atoms with E-state index < -0.39 is 94.8 Å². The predicted octanol–water partition coefficient (Wildman–Crippen LogP) is 2.57. The first-order valence-corrected chi connectivity index (χ1v) is 20.8. The Morgan fingerprint density at radius 1 is 0.519 bits per heavy atom. The Bertz CT molecular complexity index is 2500. The monoisotopic (exact) mass is 822 g/mol. The second-order valence-corrected chi connectivity index (χ2v) is 17.8. The fraction of sp³-hybridized carbons (Fsp3) is 0.0625. The number of carboxylic acid groups (broad SMARTS) is 2. The molecule has 2 amide bonds. The summed E-state index contributed by atoms with van der Waals surface area (Å²) in [4.78, 5) is 45.1. The van der Waals surface area contributed by atoms with E-state index >= 15 is 0 Å². The van der Waals surface area contributed by atoms with E-state index in [1.54, 1.807) is 0 Å². The van der Waals surface area contributed by atoms with Crippen LogP contribution in [0.15, 0.2) is 105 Å². The topological polar surface area (TPSA) is 310 Å². The van der Waals surface area contributed by atoms with Crippen molar-refractivity contribution in [3.8, 4) is 0 Å². The molecule has 0 atom stereocenters. The number of aliphatic carboxylic acids is 2. The van der Waals surface area contributed by atoms with Crippen LogP contribution < -0.4 is 10.6 Å². The Morgan fingerprint density at radius 3 is 1.19 bits per heavy atom. The number of carbonyl (C=O) groups is 4. The lowest BCUT2D eigenvalue weighted by molar-refractivity contribution is -0.135. The van der Waals surface area contributed by atoms with Crippen molar-refractivity contribution in [1.82, 2.24) is 0 Å².